The second-order valence-corrected chi connectivity index (χ2v) is 4.57. The molecule has 4 heteroatoms. The van der Waals surface area contributed by atoms with E-state index in [0.29, 0.717) is 0 Å². The Kier molecular flexibility index (Phi) is 2.80. The summed E-state index contributed by atoms with van der Waals surface area (Å²) < 4.78 is 5.38. The number of hydrogen-bond acceptors (Lipinski definition) is 3. The number of carbonyl (C=O) groups excluding carboxylic acids is 1. The highest BCUT2D eigenvalue weighted by atomic mass is 16.5. The zero-order chi connectivity index (χ0) is 12.5. The maximum absolute atomic E-state index is 12.2. The Morgan fingerprint density at radius 1 is 1.22 bits per heavy atom. The van der Waals surface area contributed by atoms with Gasteiger partial charge in [-0.05, 0) is 38.1 Å². The third kappa shape index (κ3) is 1.69. The molecule has 0 spiro atoms. The minimum atomic E-state index is 0.00593. The predicted molar refractivity (Wildman–Crippen MR) is 70.6 cm³/mol. The van der Waals surface area contributed by atoms with Crippen molar-refractivity contribution in [2.75, 3.05) is 25.5 Å². The zero-order valence-corrected chi connectivity index (χ0v) is 10.4. The van der Waals surface area contributed by atoms with Crippen molar-refractivity contribution in [2.24, 2.45) is 0 Å². The topological polar surface area (TPSA) is 50.4 Å². The van der Waals surface area contributed by atoms with Gasteiger partial charge in [-0.2, -0.15) is 0 Å². The highest BCUT2D eigenvalue weighted by Crippen LogP contribution is 2.41. The van der Waals surface area contributed by atoms with Crippen LogP contribution in [0.3, 0.4) is 0 Å². The first-order valence-corrected chi connectivity index (χ1v) is 6.22. The van der Waals surface area contributed by atoms with Gasteiger partial charge in [-0.3, -0.25) is 4.79 Å². The SMILES string of the molecule is COc1cccc2c1C(=C1CCNCC1)C(=O)N2. The number of rotatable bonds is 1. The Balaban J connectivity index is 2.15. The standard InChI is InChI=1S/C14H16N2O2/c1-18-11-4-2-3-10-13(11)12(14(17)16-10)9-5-7-15-8-6-9/h2-4,15H,5-8H2,1H3,(H,16,17). The van der Waals surface area contributed by atoms with Crippen LogP contribution < -0.4 is 15.4 Å². The van der Waals surface area contributed by atoms with Gasteiger partial charge in [0.25, 0.3) is 5.91 Å². The van der Waals surface area contributed by atoms with Crippen LogP contribution in [0, 0.1) is 0 Å². The molecule has 2 N–H and O–H groups in total. The summed E-state index contributed by atoms with van der Waals surface area (Å²) in [6.45, 7) is 1.88. The molecule has 0 unspecified atom stereocenters. The quantitative estimate of drug-likeness (QED) is 0.740. The first kappa shape index (κ1) is 11.3. The maximum atomic E-state index is 12.2. The lowest BCUT2D eigenvalue weighted by Crippen LogP contribution is -2.24. The van der Waals surface area contributed by atoms with Crippen molar-refractivity contribution in [3.63, 3.8) is 0 Å². The van der Waals surface area contributed by atoms with Crippen molar-refractivity contribution in [1.82, 2.24) is 5.32 Å². The Hall–Kier alpha value is -1.81. The molecule has 2 aliphatic rings. The summed E-state index contributed by atoms with van der Waals surface area (Å²) in [5.41, 5.74) is 3.85. The van der Waals surface area contributed by atoms with Crippen molar-refractivity contribution in [1.29, 1.82) is 0 Å². The van der Waals surface area contributed by atoms with E-state index in [0.717, 1.165) is 48.5 Å². The van der Waals surface area contributed by atoms with Crippen LogP contribution in [0.2, 0.25) is 0 Å². The average Bonchev–Trinajstić information content (AvgIpc) is 2.75. The van der Waals surface area contributed by atoms with Crippen molar-refractivity contribution in [2.45, 2.75) is 12.8 Å². The van der Waals surface area contributed by atoms with Crippen LogP contribution in [-0.4, -0.2) is 26.1 Å². The smallest absolute Gasteiger partial charge is 0.256 e. The van der Waals surface area contributed by atoms with Crippen LogP contribution >= 0.6 is 0 Å². The molecule has 1 aromatic rings. The first-order chi connectivity index (χ1) is 8.81. The molecule has 1 aromatic carbocycles. The van der Waals surface area contributed by atoms with Gasteiger partial charge in [0, 0.05) is 0 Å². The van der Waals surface area contributed by atoms with E-state index in [1.807, 2.05) is 18.2 Å². The van der Waals surface area contributed by atoms with Gasteiger partial charge in [0.05, 0.1) is 23.9 Å². The summed E-state index contributed by atoms with van der Waals surface area (Å²) in [6.07, 6.45) is 1.86. The fourth-order valence-corrected chi connectivity index (χ4v) is 2.68. The molecular formula is C14H16N2O2. The molecule has 1 saturated heterocycles. The number of anilines is 1. The van der Waals surface area contributed by atoms with Gasteiger partial charge in [0.2, 0.25) is 0 Å². The fourth-order valence-electron chi connectivity index (χ4n) is 2.68. The molecule has 0 saturated carbocycles. The molecular weight excluding hydrogens is 228 g/mol. The monoisotopic (exact) mass is 244 g/mol. The second-order valence-electron chi connectivity index (χ2n) is 4.57. The van der Waals surface area contributed by atoms with E-state index in [9.17, 15) is 4.79 Å². The van der Waals surface area contributed by atoms with E-state index in [1.54, 1.807) is 7.11 Å². The summed E-state index contributed by atoms with van der Waals surface area (Å²) in [6, 6.07) is 5.72. The zero-order valence-electron chi connectivity index (χ0n) is 10.4. The van der Waals surface area contributed by atoms with Crippen LogP contribution in [0.15, 0.2) is 23.8 Å². The van der Waals surface area contributed by atoms with E-state index in [2.05, 4.69) is 10.6 Å². The van der Waals surface area contributed by atoms with Gasteiger partial charge in [-0.25, -0.2) is 0 Å². The van der Waals surface area contributed by atoms with Gasteiger partial charge in [0.15, 0.2) is 0 Å². The molecule has 2 heterocycles. The second kappa shape index (κ2) is 4.46. The van der Waals surface area contributed by atoms with E-state index >= 15 is 0 Å². The molecule has 0 aliphatic carbocycles. The minimum absolute atomic E-state index is 0.00593. The number of benzene rings is 1. The lowest BCUT2D eigenvalue weighted by molar-refractivity contribution is -0.110. The molecule has 1 fully saturated rings. The van der Waals surface area contributed by atoms with Crippen LogP contribution in [0.25, 0.3) is 5.57 Å². The molecule has 3 rings (SSSR count). The third-order valence-electron chi connectivity index (χ3n) is 3.53. The van der Waals surface area contributed by atoms with Gasteiger partial charge in [0.1, 0.15) is 5.75 Å². The lowest BCUT2D eigenvalue weighted by Gasteiger charge is -2.18. The number of nitrogens with one attached hydrogen (secondary N) is 2. The molecule has 2 aliphatic heterocycles. The Labute approximate surface area is 106 Å². The van der Waals surface area contributed by atoms with E-state index in [-0.39, 0.29) is 5.91 Å². The van der Waals surface area contributed by atoms with Crippen LogP contribution in [0.1, 0.15) is 18.4 Å². The Morgan fingerprint density at radius 2 is 2.00 bits per heavy atom. The molecule has 0 aromatic heterocycles. The van der Waals surface area contributed by atoms with Crippen molar-refractivity contribution < 1.29 is 9.53 Å². The highest BCUT2D eigenvalue weighted by Gasteiger charge is 2.30. The Morgan fingerprint density at radius 3 is 2.72 bits per heavy atom. The van der Waals surface area contributed by atoms with E-state index in [1.165, 1.54) is 5.57 Å². The molecule has 0 atom stereocenters. The first-order valence-electron chi connectivity index (χ1n) is 6.22. The highest BCUT2D eigenvalue weighted by molar-refractivity contribution is 6.33. The van der Waals surface area contributed by atoms with Crippen molar-refractivity contribution in [3.8, 4) is 5.75 Å². The van der Waals surface area contributed by atoms with E-state index < -0.39 is 0 Å². The predicted octanol–water partition coefficient (Wildman–Crippen LogP) is 1.78. The van der Waals surface area contributed by atoms with Crippen LogP contribution in [0.5, 0.6) is 5.75 Å². The molecule has 4 nitrogen and oxygen atoms in total. The van der Waals surface area contributed by atoms with Crippen LogP contribution in [-0.2, 0) is 4.79 Å². The number of carbonyl (C=O) groups is 1. The van der Waals surface area contributed by atoms with Gasteiger partial charge < -0.3 is 15.4 Å². The molecule has 18 heavy (non-hydrogen) atoms. The third-order valence-corrected chi connectivity index (χ3v) is 3.53. The van der Waals surface area contributed by atoms with E-state index in [4.69, 9.17) is 4.74 Å². The largest absolute Gasteiger partial charge is 0.496 e. The normalized spacial score (nSPS) is 18.6. The fraction of sp³-hybridized carbons (Fsp3) is 0.357. The number of ether oxygens (including phenoxy) is 1. The van der Waals surface area contributed by atoms with Crippen molar-refractivity contribution >= 4 is 17.2 Å². The number of hydrogen-bond donors (Lipinski definition) is 2. The lowest BCUT2D eigenvalue weighted by atomic mass is 9.94. The maximum Gasteiger partial charge on any atom is 0.256 e. The van der Waals surface area contributed by atoms with Gasteiger partial charge in [-0.1, -0.05) is 11.6 Å². The number of methoxy groups -OCH3 is 1. The summed E-state index contributed by atoms with van der Waals surface area (Å²) in [7, 11) is 1.64. The van der Waals surface area contributed by atoms with Gasteiger partial charge >= 0.3 is 0 Å². The number of piperidine rings is 1. The molecule has 1 amide bonds. The summed E-state index contributed by atoms with van der Waals surface area (Å²) in [5, 5.41) is 6.23. The average molecular weight is 244 g/mol. The molecule has 0 radical (unpaired) electrons. The number of amides is 1. The minimum Gasteiger partial charge on any atom is -0.496 e. The van der Waals surface area contributed by atoms with Crippen LogP contribution in [0.4, 0.5) is 5.69 Å². The summed E-state index contributed by atoms with van der Waals surface area (Å²) in [5.74, 6) is 0.776. The van der Waals surface area contributed by atoms with Crippen molar-refractivity contribution in [3.05, 3.63) is 29.3 Å². The number of fused-ring (bicyclic) bond motifs is 1. The molecule has 0 bridgehead atoms. The Bertz CT molecular complexity index is 527. The summed E-state index contributed by atoms with van der Waals surface area (Å²) in [4.78, 5) is 12.2. The summed E-state index contributed by atoms with van der Waals surface area (Å²) >= 11 is 0. The van der Waals surface area contributed by atoms with Gasteiger partial charge in [-0.15, -0.1) is 0 Å². The molecule has 94 valence electrons.